The van der Waals surface area contributed by atoms with Gasteiger partial charge < -0.3 is 5.73 Å². The summed E-state index contributed by atoms with van der Waals surface area (Å²) in [6.45, 7) is 0. The van der Waals surface area contributed by atoms with Crippen LogP contribution < -0.4 is 5.73 Å². The molecule has 2 aromatic carbocycles. The Kier molecular flexibility index (Phi) is 4.98. The SMILES string of the molecule is NC(CCCc1ccccc1)Cc1ccccc1. The standard InChI is InChI=1S/C17H21N/c18-17(14-16-10-5-2-6-11-16)13-7-12-15-8-3-1-4-9-15/h1-6,8-11,17H,7,12-14,18H2. The highest BCUT2D eigenvalue weighted by atomic mass is 14.6. The summed E-state index contributed by atoms with van der Waals surface area (Å²) in [5, 5.41) is 0. The van der Waals surface area contributed by atoms with Crippen molar-refractivity contribution in [1.82, 2.24) is 0 Å². The molecule has 0 spiro atoms. The molecule has 0 bridgehead atoms. The van der Waals surface area contributed by atoms with E-state index in [0.29, 0.717) is 0 Å². The smallest absolute Gasteiger partial charge is 0.00794 e. The van der Waals surface area contributed by atoms with Crippen LogP contribution in [0.1, 0.15) is 24.0 Å². The Morgan fingerprint density at radius 2 is 1.33 bits per heavy atom. The maximum atomic E-state index is 6.17. The maximum Gasteiger partial charge on any atom is 0.00794 e. The lowest BCUT2D eigenvalue weighted by Gasteiger charge is -2.11. The van der Waals surface area contributed by atoms with Crippen molar-refractivity contribution in [3.05, 3.63) is 71.8 Å². The number of benzene rings is 2. The molecule has 2 aromatic rings. The summed E-state index contributed by atoms with van der Waals surface area (Å²) < 4.78 is 0. The molecule has 0 radical (unpaired) electrons. The molecule has 0 heterocycles. The minimum atomic E-state index is 0.274. The van der Waals surface area contributed by atoms with Gasteiger partial charge in [0.05, 0.1) is 0 Å². The predicted octanol–water partition coefficient (Wildman–Crippen LogP) is 3.58. The van der Waals surface area contributed by atoms with E-state index in [1.165, 1.54) is 11.1 Å². The van der Waals surface area contributed by atoms with Crippen LogP contribution in [0.5, 0.6) is 0 Å². The summed E-state index contributed by atoms with van der Waals surface area (Å²) in [4.78, 5) is 0. The lowest BCUT2D eigenvalue weighted by Crippen LogP contribution is -2.22. The molecule has 0 saturated carbocycles. The minimum absolute atomic E-state index is 0.274. The summed E-state index contributed by atoms with van der Waals surface area (Å²) in [6.07, 6.45) is 4.36. The number of hydrogen-bond acceptors (Lipinski definition) is 1. The zero-order chi connectivity index (χ0) is 12.6. The number of hydrogen-bond donors (Lipinski definition) is 1. The molecular formula is C17H21N. The molecule has 0 aliphatic rings. The molecule has 94 valence electrons. The highest BCUT2D eigenvalue weighted by Gasteiger charge is 2.03. The fraction of sp³-hybridized carbons (Fsp3) is 0.294. The second kappa shape index (κ2) is 6.97. The Bertz CT molecular complexity index is 436. The second-order valence-electron chi connectivity index (χ2n) is 4.83. The summed E-state index contributed by atoms with van der Waals surface area (Å²) in [5.74, 6) is 0. The fourth-order valence-corrected chi connectivity index (χ4v) is 2.23. The quantitative estimate of drug-likeness (QED) is 0.819. The minimum Gasteiger partial charge on any atom is -0.327 e. The van der Waals surface area contributed by atoms with E-state index in [4.69, 9.17) is 5.73 Å². The first-order chi connectivity index (χ1) is 8.84. The van der Waals surface area contributed by atoms with Gasteiger partial charge in [-0.2, -0.15) is 0 Å². The Labute approximate surface area is 110 Å². The Hall–Kier alpha value is -1.60. The zero-order valence-corrected chi connectivity index (χ0v) is 10.8. The second-order valence-corrected chi connectivity index (χ2v) is 4.83. The molecule has 0 saturated heterocycles. The molecule has 0 aliphatic heterocycles. The summed E-state index contributed by atoms with van der Waals surface area (Å²) in [5.41, 5.74) is 8.91. The van der Waals surface area contributed by atoms with E-state index in [2.05, 4.69) is 54.6 Å². The maximum absolute atomic E-state index is 6.17. The lowest BCUT2D eigenvalue weighted by atomic mass is 10.00. The number of rotatable bonds is 6. The van der Waals surface area contributed by atoms with Gasteiger partial charge in [-0.15, -0.1) is 0 Å². The Morgan fingerprint density at radius 3 is 1.94 bits per heavy atom. The van der Waals surface area contributed by atoms with Gasteiger partial charge in [0, 0.05) is 6.04 Å². The molecule has 18 heavy (non-hydrogen) atoms. The molecule has 1 nitrogen and oxygen atoms in total. The van der Waals surface area contributed by atoms with Crippen LogP contribution in [0.4, 0.5) is 0 Å². The van der Waals surface area contributed by atoms with Crippen molar-refractivity contribution < 1.29 is 0 Å². The molecule has 0 fully saturated rings. The third kappa shape index (κ3) is 4.34. The van der Waals surface area contributed by atoms with E-state index in [1.54, 1.807) is 0 Å². The van der Waals surface area contributed by atoms with Gasteiger partial charge >= 0.3 is 0 Å². The van der Waals surface area contributed by atoms with E-state index in [0.717, 1.165) is 25.7 Å². The first kappa shape index (κ1) is 12.8. The molecule has 2 N–H and O–H groups in total. The first-order valence-electron chi connectivity index (χ1n) is 6.68. The van der Waals surface area contributed by atoms with Gasteiger partial charge in [-0.3, -0.25) is 0 Å². The molecule has 1 unspecified atom stereocenters. The van der Waals surface area contributed by atoms with Crippen LogP contribution in [0, 0.1) is 0 Å². The monoisotopic (exact) mass is 239 g/mol. The average molecular weight is 239 g/mol. The van der Waals surface area contributed by atoms with Gasteiger partial charge in [-0.25, -0.2) is 0 Å². The van der Waals surface area contributed by atoms with Crippen molar-refractivity contribution in [1.29, 1.82) is 0 Å². The third-order valence-electron chi connectivity index (χ3n) is 3.22. The summed E-state index contributed by atoms with van der Waals surface area (Å²) in [6, 6.07) is 21.4. The van der Waals surface area contributed by atoms with E-state index in [-0.39, 0.29) is 6.04 Å². The van der Waals surface area contributed by atoms with Crippen LogP contribution in [0.3, 0.4) is 0 Å². The van der Waals surface area contributed by atoms with Gasteiger partial charge in [-0.1, -0.05) is 60.7 Å². The normalized spacial score (nSPS) is 12.3. The van der Waals surface area contributed by atoms with Gasteiger partial charge in [0.2, 0.25) is 0 Å². The summed E-state index contributed by atoms with van der Waals surface area (Å²) in [7, 11) is 0. The van der Waals surface area contributed by atoms with Crippen molar-refractivity contribution in [2.75, 3.05) is 0 Å². The van der Waals surface area contributed by atoms with Gasteiger partial charge in [0.15, 0.2) is 0 Å². The van der Waals surface area contributed by atoms with E-state index in [9.17, 15) is 0 Å². The molecule has 2 rings (SSSR count). The molecule has 0 amide bonds. The topological polar surface area (TPSA) is 26.0 Å². The molecule has 0 aliphatic carbocycles. The fourth-order valence-electron chi connectivity index (χ4n) is 2.23. The first-order valence-corrected chi connectivity index (χ1v) is 6.68. The largest absolute Gasteiger partial charge is 0.327 e. The van der Waals surface area contributed by atoms with E-state index in [1.807, 2.05) is 6.07 Å². The van der Waals surface area contributed by atoms with Gasteiger partial charge in [-0.05, 0) is 36.8 Å². The molecular weight excluding hydrogens is 218 g/mol. The van der Waals surface area contributed by atoms with Crippen molar-refractivity contribution >= 4 is 0 Å². The average Bonchev–Trinajstić information content (AvgIpc) is 2.41. The van der Waals surface area contributed by atoms with Gasteiger partial charge in [0.25, 0.3) is 0 Å². The number of nitrogens with two attached hydrogens (primary N) is 1. The zero-order valence-electron chi connectivity index (χ0n) is 10.8. The Morgan fingerprint density at radius 1 is 0.778 bits per heavy atom. The molecule has 1 heteroatoms. The van der Waals surface area contributed by atoms with Gasteiger partial charge in [0.1, 0.15) is 0 Å². The third-order valence-corrected chi connectivity index (χ3v) is 3.22. The van der Waals surface area contributed by atoms with Crippen molar-refractivity contribution in [2.45, 2.75) is 31.7 Å². The lowest BCUT2D eigenvalue weighted by molar-refractivity contribution is 0.580. The highest BCUT2D eigenvalue weighted by Crippen LogP contribution is 2.09. The molecule has 1 atom stereocenters. The molecule has 0 aromatic heterocycles. The highest BCUT2D eigenvalue weighted by molar-refractivity contribution is 5.16. The van der Waals surface area contributed by atoms with Crippen LogP contribution >= 0.6 is 0 Å². The number of aryl methyl sites for hydroxylation is 1. The van der Waals surface area contributed by atoms with Crippen molar-refractivity contribution in [3.8, 4) is 0 Å². The van der Waals surface area contributed by atoms with Crippen LogP contribution in [0.15, 0.2) is 60.7 Å². The van der Waals surface area contributed by atoms with Crippen LogP contribution in [-0.2, 0) is 12.8 Å². The summed E-state index contributed by atoms with van der Waals surface area (Å²) >= 11 is 0. The van der Waals surface area contributed by atoms with Crippen molar-refractivity contribution in [2.24, 2.45) is 5.73 Å². The predicted molar refractivity (Wildman–Crippen MR) is 77.5 cm³/mol. The van der Waals surface area contributed by atoms with Crippen LogP contribution in [0.25, 0.3) is 0 Å². The van der Waals surface area contributed by atoms with Crippen molar-refractivity contribution in [3.63, 3.8) is 0 Å². The van der Waals surface area contributed by atoms with E-state index >= 15 is 0 Å². The van der Waals surface area contributed by atoms with Crippen LogP contribution in [0.2, 0.25) is 0 Å². The Balaban J connectivity index is 1.71. The van der Waals surface area contributed by atoms with Crippen LogP contribution in [-0.4, -0.2) is 6.04 Å². The van der Waals surface area contributed by atoms with E-state index < -0.39 is 0 Å².